The molecule has 0 aliphatic heterocycles. The van der Waals surface area contributed by atoms with Gasteiger partial charge in [-0.3, -0.25) is 0 Å². The Balaban J connectivity index is 1.83. The van der Waals surface area contributed by atoms with Gasteiger partial charge in [0.1, 0.15) is 0 Å². The van der Waals surface area contributed by atoms with Gasteiger partial charge in [-0.2, -0.15) is 4.98 Å². The number of halogens is 1. The summed E-state index contributed by atoms with van der Waals surface area (Å²) in [5, 5.41) is 18.8. The van der Waals surface area contributed by atoms with Crippen LogP contribution in [0, 0.1) is 0 Å². The quantitative estimate of drug-likeness (QED) is 0.153. The van der Waals surface area contributed by atoms with Crippen molar-refractivity contribution in [3.05, 3.63) is 84.1 Å². The van der Waals surface area contributed by atoms with Crippen LogP contribution in [0.15, 0.2) is 78.5 Å². The van der Waals surface area contributed by atoms with Gasteiger partial charge in [0.2, 0.25) is 0 Å². The number of imidazole rings is 1. The molecular weight excluding hydrogens is 438 g/mol. The fraction of sp³-hybridized carbons (Fsp3) is 0.231. The molecule has 0 fully saturated rings. The average molecular weight is 466 g/mol. The molecule has 0 saturated heterocycles. The van der Waals surface area contributed by atoms with E-state index in [0.717, 1.165) is 16.6 Å². The number of allylic oxidation sites excluding steroid dienone is 4. The Hall–Kier alpha value is -3.19. The maximum Gasteiger partial charge on any atom is 0.301 e. The van der Waals surface area contributed by atoms with E-state index >= 15 is 0 Å². The predicted octanol–water partition coefficient (Wildman–Crippen LogP) is 6.13. The number of aliphatic hydroxyl groups excluding tert-OH is 1. The molecule has 3 aromatic rings. The highest BCUT2D eigenvalue weighted by atomic mass is 35.5. The minimum atomic E-state index is -1.45. The number of ether oxygens (including phenoxy) is 1. The van der Waals surface area contributed by atoms with Crippen LogP contribution < -0.4 is 4.74 Å². The number of hydrogen-bond donors (Lipinski definition) is 3. The zero-order valence-electron chi connectivity index (χ0n) is 18.7. The zero-order valence-corrected chi connectivity index (χ0v) is 19.5. The molecule has 1 heterocycles. The lowest BCUT2D eigenvalue weighted by molar-refractivity contribution is -0.0439. The molecule has 0 saturated carbocycles. The number of nitrogens with one attached hydrogen (secondary N) is 1. The topological polar surface area (TPSA) is 90.7 Å². The summed E-state index contributed by atoms with van der Waals surface area (Å²) in [5.41, 5.74) is 4.49. The third-order valence-corrected chi connectivity index (χ3v) is 5.38. The molecule has 0 aliphatic rings. The molecule has 33 heavy (non-hydrogen) atoms. The van der Waals surface area contributed by atoms with Gasteiger partial charge in [-0.25, -0.2) is 4.99 Å². The molecule has 3 N–H and O–H groups in total. The van der Waals surface area contributed by atoms with Crippen molar-refractivity contribution in [1.82, 2.24) is 9.97 Å². The van der Waals surface area contributed by atoms with Crippen LogP contribution >= 0.6 is 11.6 Å². The molecule has 1 aromatic heterocycles. The van der Waals surface area contributed by atoms with E-state index in [2.05, 4.69) is 64.9 Å². The number of nitrogens with zero attached hydrogens (tertiary/aromatic N) is 2. The van der Waals surface area contributed by atoms with E-state index in [4.69, 9.17) is 26.6 Å². The monoisotopic (exact) mass is 465 g/mol. The first-order valence-corrected chi connectivity index (χ1v) is 11.1. The Labute approximate surface area is 198 Å². The lowest BCUT2D eigenvalue weighted by Crippen LogP contribution is -2.13. The van der Waals surface area contributed by atoms with Gasteiger partial charge in [0.05, 0.1) is 16.1 Å². The normalized spacial score (nSPS) is 13.5. The van der Waals surface area contributed by atoms with Crippen LogP contribution in [0.25, 0.3) is 22.2 Å². The van der Waals surface area contributed by atoms with Crippen molar-refractivity contribution in [2.75, 3.05) is 0 Å². The highest BCUT2D eigenvalue weighted by molar-refractivity contribution is 6.34. The largest absolute Gasteiger partial charge is 0.411 e. The number of aliphatic hydroxyl groups is 2. The average Bonchev–Trinajstić information content (AvgIpc) is 3.18. The van der Waals surface area contributed by atoms with Crippen LogP contribution in [0.1, 0.15) is 38.2 Å². The minimum Gasteiger partial charge on any atom is -0.411 e. The van der Waals surface area contributed by atoms with Gasteiger partial charge < -0.3 is 19.9 Å². The first kappa shape index (κ1) is 24.5. The van der Waals surface area contributed by atoms with Crippen molar-refractivity contribution < 1.29 is 14.9 Å². The number of benzene rings is 2. The zero-order chi connectivity index (χ0) is 23.8. The van der Waals surface area contributed by atoms with Gasteiger partial charge in [-0.1, -0.05) is 73.7 Å². The van der Waals surface area contributed by atoms with E-state index in [9.17, 15) is 0 Å². The van der Waals surface area contributed by atoms with Gasteiger partial charge >= 0.3 is 6.01 Å². The molecule has 0 radical (unpaired) electrons. The first-order chi connectivity index (χ1) is 15.9. The van der Waals surface area contributed by atoms with Crippen molar-refractivity contribution in [3.8, 4) is 17.1 Å². The standard InChI is InChI=1S/C26H28ClN3O3/c1-4-6-7-8-17(3)18-9-11-19(12-10-18)20-15-22-23(16-21(20)27)30-26(29-22)33-24(28-5-2)13-14-25(31)32/h4-12,15-17,25,31-32H,2,13-14H2,1,3H3,(H,29,30). The Morgan fingerprint density at radius 1 is 1.24 bits per heavy atom. The molecule has 0 spiro atoms. The fourth-order valence-corrected chi connectivity index (χ4v) is 3.58. The maximum absolute atomic E-state index is 9.09. The minimum absolute atomic E-state index is 0.0859. The molecule has 7 heteroatoms. The Morgan fingerprint density at radius 3 is 2.67 bits per heavy atom. The molecule has 172 valence electrons. The number of hydrogen-bond acceptors (Lipinski definition) is 5. The van der Waals surface area contributed by atoms with Gasteiger partial charge in [0.15, 0.2) is 12.2 Å². The summed E-state index contributed by atoms with van der Waals surface area (Å²) in [6, 6.07) is 12.3. The highest BCUT2D eigenvalue weighted by Gasteiger charge is 2.13. The molecule has 1 unspecified atom stereocenters. The van der Waals surface area contributed by atoms with Gasteiger partial charge in [-0.15, -0.1) is 0 Å². The third-order valence-electron chi connectivity index (χ3n) is 5.07. The maximum atomic E-state index is 9.09. The van der Waals surface area contributed by atoms with Crippen molar-refractivity contribution >= 4 is 28.5 Å². The Bertz CT molecular complexity index is 1180. The van der Waals surface area contributed by atoms with Gasteiger partial charge in [-0.05, 0) is 36.1 Å². The van der Waals surface area contributed by atoms with Crippen LogP contribution in [0.3, 0.4) is 0 Å². The van der Waals surface area contributed by atoms with Crippen molar-refractivity contribution in [2.45, 2.75) is 38.9 Å². The number of H-pyrrole nitrogens is 1. The molecule has 2 aromatic carbocycles. The molecule has 3 rings (SSSR count). The molecule has 1 atom stereocenters. The van der Waals surface area contributed by atoms with E-state index in [-0.39, 0.29) is 24.7 Å². The number of aliphatic imine (C=N–C) groups is 1. The summed E-state index contributed by atoms with van der Waals surface area (Å²) >= 11 is 6.57. The second-order valence-electron chi connectivity index (χ2n) is 7.54. The summed E-state index contributed by atoms with van der Waals surface area (Å²) in [7, 11) is 0. The van der Waals surface area contributed by atoms with Gasteiger partial charge in [0, 0.05) is 24.6 Å². The van der Waals surface area contributed by atoms with Crippen LogP contribution in [-0.2, 0) is 0 Å². The van der Waals surface area contributed by atoms with E-state index in [0.29, 0.717) is 16.5 Å². The highest BCUT2D eigenvalue weighted by Crippen LogP contribution is 2.33. The smallest absolute Gasteiger partial charge is 0.301 e. The fourth-order valence-electron chi connectivity index (χ4n) is 3.30. The van der Waals surface area contributed by atoms with E-state index < -0.39 is 6.29 Å². The van der Waals surface area contributed by atoms with Crippen LogP contribution in [0.5, 0.6) is 6.01 Å². The predicted molar refractivity (Wildman–Crippen MR) is 135 cm³/mol. The van der Waals surface area contributed by atoms with Crippen LogP contribution in [0.4, 0.5) is 0 Å². The second-order valence-corrected chi connectivity index (χ2v) is 7.95. The molecule has 0 aliphatic carbocycles. The molecule has 0 amide bonds. The summed E-state index contributed by atoms with van der Waals surface area (Å²) in [4.78, 5) is 11.6. The first-order valence-electron chi connectivity index (χ1n) is 10.7. The van der Waals surface area contributed by atoms with Gasteiger partial charge in [0.25, 0.3) is 0 Å². The van der Waals surface area contributed by atoms with E-state index in [1.54, 1.807) is 0 Å². The summed E-state index contributed by atoms with van der Waals surface area (Å²) in [5.74, 6) is 0.578. The Morgan fingerprint density at radius 2 is 2.00 bits per heavy atom. The number of aromatic nitrogens is 2. The van der Waals surface area contributed by atoms with Crippen LogP contribution in [-0.4, -0.2) is 32.4 Å². The summed E-state index contributed by atoms with van der Waals surface area (Å²) in [6.07, 6.45) is 8.43. The number of aromatic amines is 1. The van der Waals surface area contributed by atoms with Crippen molar-refractivity contribution in [2.24, 2.45) is 4.99 Å². The molecule has 6 nitrogen and oxygen atoms in total. The summed E-state index contributed by atoms with van der Waals surface area (Å²) < 4.78 is 5.69. The molecular formula is C26H28ClN3O3. The second kappa shape index (κ2) is 11.6. The lowest BCUT2D eigenvalue weighted by atomic mass is 9.97. The van der Waals surface area contributed by atoms with E-state index in [1.807, 2.05) is 31.2 Å². The van der Waals surface area contributed by atoms with Crippen LogP contribution in [0.2, 0.25) is 5.02 Å². The van der Waals surface area contributed by atoms with Crippen molar-refractivity contribution in [3.63, 3.8) is 0 Å². The summed E-state index contributed by atoms with van der Waals surface area (Å²) in [6.45, 7) is 7.71. The molecule has 0 bridgehead atoms. The van der Waals surface area contributed by atoms with E-state index in [1.165, 1.54) is 11.8 Å². The van der Waals surface area contributed by atoms with Crippen molar-refractivity contribution in [1.29, 1.82) is 0 Å². The third kappa shape index (κ3) is 6.65. The Kier molecular flexibility index (Phi) is 8.60. The lowest BCUT2D eigenvalue weighted by Gasteiger charge is -2.09. The number of rotatable bonds is 9. The number of fused-ring (bicyclic) bond motifs is 1. The SMILES string of the molecule is C=CN=C(CCC(O)O)Oc1nc2cc(-c3ccc(C(C)C=CC=CC)cc3)c(Cl)cc2[nH]1.